The molecule has 2 aliphatic heterocycles. The average molecular weight is 540 g/mol. The van der Waals surface area contributed by atoms with Gasteiger partial charge < -0.3 is 24.6 Å². The summed E-state index contributed by atoms with van der Waals surface area (Å²) in [5.41, 5.74) is 1.34. The first-order chi connectivity index (χ1) is 17.6. The molecule has 37 heavy (non-hydrogen) atoms. The zero-order valence-electron chi connectivity index (χ0n) is 20.4. The Morgan fingerprint density at radius 1 is 1.00 bits per heavy atom. The third-order valence-corrected chi connectivity index (χ3v) is 6.88. The van der Waals surface area contributed by atoms with Crippen LogP contribution in [0.5, 0.6) is 11.5 Å². The summed E-state index contributed by atoms with van der Waals surface area (Å²) in [5.74, 6) is -0.0846. The van der Waals surface area contributed by atoms with Gasteiger partial charge in [-0.3, -0.25) is 9.59 Å². The van der Waals surface area contributed by atoms with Crippen molar-refractivity contribution in [1.29, 1.82) is 0 Å². The van der Waals surface area contributed by atoms with Crippen LogP contribution in [0, 0.1) is 0 Å². The van der Waals surface area contributed by atoms with Crippen LogP contribution in [0.4, 0.5) is 24.5 Å². The third-order valence-electron chi connectivity index (χ3n) is 6.58. The molecule has 2 amide bonds. The summed E-state index contributed by atoms with van der Waals surface area (Å²) >= 11 is 6.44. The van der Waals surface area contributed by atoms with Gasteiger partial charge in [0, 0.05) is 50.8 Å². The summed E-state index contributed by atoms with van der Waals surface area (Å²) in [7, 11) is 0. The maximum Gasteiger partial charge on any atom is 0.573 e. The van der Waals surface area contributed by atoms with Crippen LogP contribution >= 0.6 is 11.6 Å². The van der Waals surface area contributed by atoms with E-state index in [0.29, 0.717) is 55.4 Å². The fourth-order valence-electron chi connectivity index (χ4n) is 4.75. The molecule has 1 unspecified atom stereocenters. The van der Waals surface area contributed by atoms with Gasteiger partial charge in [0.15, 0.2) is 0 Å². The number of carbonyl (C=O) groups excluding carboxylic acids is 2. The smallest absolute Gasteiger partial charge is 0.489 e. The lowest BCUT2D eigenvalue weighted by atomic mass is 10.0. The quantitative estimate of drug-likeness (QED) is 0.515. The van der Waals surface area contributed by atoms with E-state index in [0.717, 1.165) is 18.5 Å². The molecule has 2 aromatic carbocycles. The Labute approximate surface area is 218 Å². The van der Waals surface area contributed by atoms with Gasteiger partial charge in [-0.05, 0) is 61.7 Å². The second-order valence-corrected chi connectivity index (χ2v) is 9.61. The molecule has 0 radical (unpaired) electrons. The number of ether oxygens (including phenoxy) is 2. The highest BCUT2D eigenvalue weighted by atomic mass is 35.5. The van der Waals surface area contributed by atoms with E-state index in [9.17, 15) is 22.8 Å². The number of hydrogen-bond acceptors (Lipinski definition) is 5. The molecule has 2 aliphatic rings. The summed E-state index contributed by atoms with van der Waals surface area (Å²) in [4.78, 5) is 28.3. The Hall–Kier alpha value is -3.14. The van der Waals surface area contributed by atoms with Gasteiger partial charge in [-0.15, -0.1) is 13.2 Å². The molecule has 7 nitrogen and oxygen atoms in total. The topological polar surface area (TPSA) is 71.1 Å². The predicted molar refractivity (Wildman–Crippen MR) is 134 cm³/mol. The van der Waals surface area contributed by atoms with Crippen molar-refractivity contribution in [3.8, 4) is 11.5 Å². The number of amides is 2. The summed E-state index contributed by atoms with van der Waals surface area (Å²) in [5, 5.41) is 3.23. The van der Waals surface area contributed by atoms with Crippen LogP contribution in [0.1, 0.15) is 39.0 Å². The van der Waals surface area contributed by atoms with Crippen molar-refractivity contribution < 1.29 is 32.2 Å². The molecule has 0 saturated carbocycles. The Morgan fingerprint density at radius 2 is 1.70 bits per heavy atom. The number of benzene rings is 2. The van der Waals surface area contributed by atoms with Gasteiger partial charge in [-0.25, -0.2) is 0 Å². The van der Waals surface area contributed by atoms with Gasteiger partial charge in [-0.2, -0.15) is 0 Å². The highest BCUT2D eigenvalue weighted by Crippen LogP contribution is 2.32. The molecule has 0 aromatic heterocycles. The van der Waals surface area contributed by atoms with E-state index >= 15 is 0 Å². The lowest BCUT2D eigenvalue weighted by Crippen LogP contribution is -2.49. The monoisotopic (exact) mass is 539 g/mol. The second-order valence-electron chi connectivity index (χ2n) is 9.20. The van der Waals surface area contributed by atoms with Crippen molar-refractivity contribution in [1.82, 2.24) is 4.90 Å². The molecule has 4 rings (SSSR count). The first-order valence-corrected chi connectivity index (χ1v) is 12.6. The van der Waals surface area contributed by atoms with Crippen LogP contribution in [-0.2, 0) is 9.59 Å². The number of likely N-dealkylation sites (tertiary alicyclic amines) is 1. The zero-order valence-corrected chi connectivity index (χ0v) is 21.1. The molecule has 1 atom stereocenters. The molecule has 2 fully saturated rings. The largest absolute Gasteiger partial charge is 0.573 e. The van der Waals surface area contributed by atoms with Crippen LogP contribution in [0.15, 0.2) is 42.5 Å². The maximum atomic E-state index is 12.8. The number of piperidine rings is 2. The number of anilines is 2. The van der Waals surface area contributed by atoms with Crippen molar-refractivity contribution >= 4 is 34.8 Å². The van der Waals surface area contributed by atoms with Crippen molar-refractivity contribution in [3.63, 3.8) is 0 Å². The molecule has 2 aromatic rings. The van der Waals surface area contributed by atoms with Gasteiger partial charge in [-0.1, -0.05) is 11.6 Å². The van der Waals surface area contributed by atoms with Gasteiger partial charge in [0.2, 0.25) is 11.8 Å². The van der Waals surface area contributed by atoms with Crippen LogP contribution < -0.4 is 19.7 Å². The Kier molecular flexibility index (Phi) is 8.36. The standard InChI is InChI=1S/C26H29ClF3N3O4/c1-17(34)33-13-3-2-4-23(33)25(35)31-18-5-10-24(22(27)16-18)36-20-11-14-32(15-12-20)19-6-8-21(9-7-19)37-26(28,29)30/h5-10,16,20,23H,2-4,11-15H2,1H3,(H,31,35). The van der Waals surface area contributed by atoms with Gasteiger partial charge in [0.25, 0.3) is 0 Å². The molecule has 0 spiro atoms. The van der Waals surface area contributed by atoms with Crippen LogP contribution in [0.2, 0.25) is 5.02 Å². The molecule has 2 heterocycles. The Morgan fingerprint density at radius 3 is 2.32 bits per heavy atom. The summed E-state index contributed by atoms with van der Waals surface area (Å²) in [6, 6.07) is 10.4. The predicted octanol–water partition coefficient (Wildman–Crippen LogP) is 5.63. The van der Waals surface area contributed by atoms with E-state index in [1.54, 1.807) is 35.2 Å². The van der Waals surface area contributed by atoms with E-state index in [1.165, 1.54) is 19.1 Å². The van der Waals surface area contributed by atoms with Crippen molar-refractivity contribution in [3.05, 3.63) is 47.5 Å². The number of hydrogen-bond donors (Lipinski definition) is 1. The summed E-state index contributed by atoms with van der Waals surface area (Å²) < 4.78 is 47.1. The van der Waals surface area contributed by atoms with Gasteiger partial charge in [0.05, 0.1) is 5.02 Å². The molecule has 11 heteroatoms. The minimum absolute atomic E-state index is 0.0756. The third kappa shape index (κ3) is 7.21. The first-order valence-electron chi connectivity index (χ1n) is 12.2. The van der Waals surface area contributed by atoms with Crippen LogP contribution in [-0.4, -0.2) is 54.9 Å². The summed E-state index contributed by atoms with van der Waals surface area (Å²) in [6.45, 7) is 3.40. The Bertz CT molecular complexity index is 1110. The molecule has 1 N–H and O–H groups in total. The molecule has 0 aliphatic carbocycles. The van der Waals surface area contributed by atoms with Gasteiger partial charge >= 0.3 is 6.36 Å². The van der Waals surface area contributed by atoms with Crippen LogP contribution in [0.25, 0.3) is 0 Å². The highest BCUT2D eigenvalue weighted by molar-refractivity contribution is 6.32. The van der Waals surface area contributed by atoms with Crippen molar-refractivity contribution in [2.75, 3.05) is 29.9 Å². The number of nitrogens with zero attached hydrogens (tertiary/aromatic N) is 2. The minimum Gasteiger partial charge on any atom is -0.489 e. The van der Waals surface area contributed by atoms with E-state index < -0.39 is 12.4 Å². The number of rotatable bonds is 6. The maximum absolute atomic E-state index is 12.8. The fraction of sp³-hybridized carbons (Fsp3) is 0.462. The lowest BCUT2D eigenvalue weighted by Gasteiger charge is -2.34. The van der Waals surface area contributed by atoms with E-state index in [2.05, 4.69) is 15.0 Å². The molecule has 200 valence electrons. The number of carbonyl (C=O) groups is 2. The average Bonchev–Trinajstić information content (AvgIpc) is 2.85. The van der Waals surface area contributed by atoms with Crippen molar-refractivity contribution in [2.45, 2.75) is 57.5 Å². The highest BCUT2D eigenvalue weighted by Gasteiger charge is 2.32. The fourth-order valence-corrected chi connectivity index (χ4v) is 4.98. The van der Waals surface area contributed by atoms with E-state index in [4.69, 9.17) is 16.3 Å². The number of alkyl halides is 3. The summed E-state index contributed by atoms with van der Waals surface area (Å²) in [6.07, 6.45) is -0.960. The minimum atomic E-state index is -4.71. The number of nitrogens with one attached hydrogen (secondary N) is 1. The second kappa shape index (κ2) is 11.5. The van der Waals surface area contributed by atoms with Gasteiger partial charge in [0.1, 0.15) is 23.6 Å². The lowest BCUT2D eigenvalue weighted by molar-refractivity contribution is -0.274. The van der Waals surface area contributed by atoms with Crippen LogP contribution in [0.3, 0.4) is 0 Å². The molecular weight excluding hydrogens is 511 g/mol. The van der Waals surface area contributed by atoms with E-state index in [-0.39, 0.29) is 23.7 Å². The zero-order chi connectivity index (χ0) is 26.6. The molecular formula is C26H29ClF3N3O4. The SMILES string of the molecule is CC(=O)N1CCCCC1C(=O)Nc1ccc(OC2CCN(c3ccc(OC(F)(F)F)cc3)CC2)c(Cl)c1. The normalized spacial score (nSPS) is 18.9. The molecule has 0 bridgehead atoms. The van der Waals surface area contributed by atoms with Crippen molar-refractivity contribution in [2.24, 2.45) is 0 Å². The molecule has 2 saturated heterocycles. The Balaban J connectivity index is 1.29. The van der Waals surface area contributed by atoms with E-state index in [1.807, 2.05) is 0 Å². The number of halogens is 4. The first kappa shape index (κ1) is 26.9.